The Hall–Kier alpha value is -4.06. The Morgan fingerprint density at radius 1 is 0.967 bits per heavy atom. The lowest BCUT2D eigenvalue weighted by Gasteiger charge is -2.12. The van der Waals surface area contributed by atoms with E-state index in [1.165, 1.54) is 17.7 Å². The average molecular weight is 400 g/mol. The van der Waals surface area contributed by atoms with Gasteiger partial charge in [-0.05, 0) is 54.6 Å². The number of aromatic nitrogens is 2. The fourth-order valence-electron chi connectivity index (χ4n) is 3.15. The highest BCUT2D eigenvalue weighted by molar-refractivity contribution is 5.89. The Kier molecular flexibility index (Phi) is 5.22. The minimum Gasteiger partial charge on any atom is -0.465 e. The maximum Gasteiger partial charge on any atom is 0.337 e. The number of para-hydroxylation sites is 1. The predicted octanol–water partition coefficient (Wildman–Crippen LogP) is 4.48. The van der Waals surface area contributed by atoms with E-state index < -0.39 is 5.97 Å². The zero-order valence-electron chi connectivity index (χ0n) is 16.1. The van der Waals surface area contributed by atoms with Crippen LogP contribution in [-0.4, -0.2) is 22.6 Å². The molecule has 0 aliphatic heterocycles. The van der Waals surface area contributed by atoms with Gasteiger partial charge in [0.25, 0.3) is 5.56 Å². The summed E-state index contributed by atoms with van der Waals surface area (Å²) < 4.78 is 20.2. The highest BCUT2D eigenvalue weighted by Gasteiger charge is 2.12. The average Bonchev–Trinajstić information content (AvgIpc) is 2.78. The van der Waals surface area contributed by atoms with Crippen molar-refractivity contribution >= 4 is 29.0 Å². The van der Waals surface area contributed by atoms with Crippen LogP contribution < -0.4 is 5.56 Å². The van der Waals surface area contributed by atoms with Crippen LogP contribution in [0.1, 0.15) is 21.7 Å². The van der Waals surface area contributed by atoms with E-state index in [0.29, 0.717) is 33.5 Å². The van der Waals surface area contributed by atoms with E-state index in [0.717, 1.165) is 0 Å². The monoisotopic (exact) mass is 400 g/mol. The number of esters is 1. The van der Waals surface area contributed by atoms with Crippen LogP contribution in [0.15, 0.2) is 77.6 Å². The molecule has 0 saturated heterocycles. The molecule has 0 radical (unpaired) electrons. The lowest BCUT2D eigenvalue weighted by atomic mass is 10.1. The number of carbonyl (C=O) groups is 1. The van der Waals surface area contributed by atoms with Gasteiger partial charge in [0.15, 0.2) is 0 Å². The van der Waals surface area contributed by atoms with Crippen molar-refractivity contribution in [3.63, 3.8) is 0 Å². The summed E-state index contributed by atoms with van der Waals surface area (Å²) in [5.41, 5.74) is 1.55. The standard InChI is InChI=1S/C24H17FN2O3/c1-30-24(29)17-10-13-18(14-11-17)27-22(15-12-16-6-2-4-8-20(16)25)26-21-9-5-3-7-19(21)23(27)28/h2-15H,1H3. The van der Waals surface area contributed by atoms with Gasteiger partial charge >= 0.3 is 5.97 Å². The molecule has 3 aromatic carbocycles. The second-order valence-electron chi connectivity index (χ2n) is 6.52. The molecule has 4 aromatic rings. The van der Waals surface area contributed by atoms with E-state index in [9.17, 15) is 14.0 Å². The summed E-state index contributed by atoms with van der Waals surface area (Å²) in [5.74, 6) is -0.496. The van der Waals surface area contributed by atoms with Gasteiger partial charge in [0, 0.05) is 5.56 Å². The maximum absolute atomic E-state index is 14.0. The second kappa shape index (κ2) is 8.13. The van der Waals surface area contributed by atoms with Crippen molar-refractivity contribution in [2.75, 3.05) is 7.11 Å². The third kappa shape index (κ3) is 3.63. The zero-order chi connectivity index (χ0) is 21.1. The van der Waals surface area contributed by atoms with Crippen LogP contribution >= 0.6 is 0 Å². The minimum absolute atomic E-state index is 0.264. The SMILES string of the molecule is COC(=O)c1ccc(-n2c(C=Cc3ccccc3F)nc3ccccc3c2=O)cc1. The van der Waals surface area contributed by atoms with E-state index in [1.54, 1.807) is 78.9 Å². The predicted molar refractivity (Wildman–Crippen MR) is 114 cm³/mol. The van der Waals surface area contributed by atoms with Gasteiger partial charge in [-0.3, -0.25) is 9.36 Å². The van der Waals surface area contributed by atoms with E-state index in [-0.39, 0.29) is 11.4 Å². The van der Waals surface area contributed by atoms with Crippen molar-refractivity contribution < 1.29 is 13.9 Å². The van der Waals surface area contributed by atoms with Gasteiger partial charge in [0.2, 0.25) is 0 Å². The van der Waals surface area contributed by atoms with Gasteiger partial charge in [0.1, 0.15) is 11.6 Å². The summed E-state index contributed by atoms with van der Waals surface area (Å²) >= 11 is 0. The fraction of sp³-hybridized carbons (Fsp3) is 0.0417. The molecule has 5 nitrogen and oxygen atoms in total. The Labute approximate surface area is 171 Å². The van der Waals surface area contributed by atoms with Crippen molar-refractivity contribution in [3.05, 3.63) is 106 Å². The van der Waals surface area contributed by atoms with Gasteiger partial charge in [0.05, 0.1) is 29.3 Å². The number of fused-ring (bicyclic) bond motifs is 1. The molecule has 0 saturated carbocycles. The molecular weight excluding hydrogens is 383 g/mol. The molecule has 0 fully saturated rings. The lowest BCUT2D eigenvalue weighted by Crippen LogP contribution is -2.22. The first-order chi connectivity index (χ1) is 14.6. The van der Waals surface area contributed by atoms with Gasteiger partial charge in [-0.25, -0.2) is 14.2 Å². The van der Waals surface area contributed by atoms with Gasteiger partial charge in [-0.2, -0.15) is 0 Å². The van der Waals surface area contributed by atoms with Crippen LogP contribution in [0.4, 0.5) is 4.39 Å². The normalized spacial score (nSPS) is 11.1. The van der Waals surface area contributed by atoms with E-state index in [2.05, 4.69) is 4.98 Å². The van der Waals surface area contributed by atoms with E-state index in [1.807, 2.05) is 0 Å². The molecule has 148 valence electrons. The Morgan fingerprint density at radius 2 is 1.67 bits per heavy atom. The third-order valence-electron chi connectivity index (χ3n) is 4.67. The highest BCUT2D eigenvalue weighted by Crippen LogP contribution is 2.17. The largest absolute Gasteiger partial charge is 0.465 e. The quantitative estimate of drug-likeness (QED) is 0.474. The molecule has 4 rings (SSSR count). The zero-order valence-corrected chi connectivity index (χ0v) is 16.1. The Balaban J connectivity index is 1.90. The molecular formula is C24H17FN2O3. The van der Waals surface area contributed by atoms with Crippen LogP contribution in [0.3, 0.4) is 0 Å². The fourth-order valence-corrected chi connectivity index (χ4v) is 3.15. The van der Waals surface area contributed by atoms with Gasteiger partial charge < -0.3 is 4.74 Å². The molecule has 30 heavy (non-hydrogen) atoms. The first kappa shape index (κ1) is 19.3. The first-order valence-electron chi connectivity index (χ1n) is 9.21. The van der Waals surface area contributed by atoms with Gasteiger partial charge in [-0.1, -0.05) is 30.3 Å². The summed E-state index contributed by atoms with van der Waals surface area (Å²) in [7, 11) is 1.31. The molecule has 1 aromatic heterocycles. The number of halogens is 1. The van der Waals surface area contributed by atoms with Crippen molar-refractivity contribution in [1.29, 1.82) is 0 Å². The molecule has 0 spiro atoms. The van der Waals surface area contributed by atoms with Crippen molar-refractivity contribution in [3.8, 4) is 5.69 Å². The molecule has 0 bridgehead atoms. The van der Waals surface area contributed by atoms with Gasteiger partial charge in [-0.15, -0.1) is 0 Å². The highest BCUT2D eigenvalue weighted by atomic mass is 19.1. The number of ether oxygens (including phenoxy) is 1. The molecule has 6 heteroatoms. The first-order valence-corrected chi connectivity index (χ1v) is 9.21. The number of methoxy groups -OCH3 is 1. The van der Waals surface area contributed by atoms with Crippen LogP contribution in [0.2, 0.25) is 0 Å². The Bertz CT molecular complexity index is 1320. The minimum atomic E-state index is -0.467. The molecule has 0 atom stereocenters. The molecule has 1 heterocycles. The number of rotatable bonds is 4. The van der Waals surface area contributed by atoms with E-state index in [4.69, 9.17) is 4.74 Å². The molecule has 0 unspecified atom stereocenters. The van der Waals surface area contributed by atoms with Crippen molar-refractivity contribution in [1.82, 2.24) is 9.55 Å². The molecule has 0 amide bonds. The van der Waals surface area contributed by atoms with Crippen LogP contribution in [0.25, 0.3) is 28.7 Å². The Morgan fingerprint density at radius 3 is 2.40 bits per heavy atom. The molecule has 0 N–H and O–H groups in total. The second-order valence-corrected chi connectivity index (χ2v) is 6.52. The van der Waals surface area contributed by atoms with Crippen LogP contribution in [0, 0.1) is 5.82 Å². The van der Waals surface area contributed by atoms with Crippen LogP contribution in [0.5, 0.6) is 0 Å². The van der Waals surface area contributed by atoms with Crippen molar-refractivity contribution in [2.45, 2.75) is 0 Å². The maximum atomic E-state index is 14.0. The summed E-state index contributed by atoms with van der Waals surface area (Å²) in [6, 6.07) is 19.8. The summed E-state index contributed by atoms with van der Waals surface area (Å²) in [6.45, 7) is 0. The topological polar surface area (TPSA) is 61.2 Å². The third-order valence-corrected chi connectivity index (χ3v) is 4.67. The number of benzene rings is 3. The molecule has 0 aliphatic rings. The number of nitrogens with zero attached hydrogens (tertiary/aromatic N) is 2. The summed E-state index contributed by atoms with van der Waals surface area (Å²) in [4.78, 5) is 29.5. The number of carbonyl (C=O) groups excluding carboxylic acids is 1. The smallest absolute Gasteiger partial charge is 0.337 e. The van der Waals surface area contributed by atoms with Crippen molar-refractivity contribution in [2.24, 2.45) is 0 Å². The number of hydrogen-bond acceptors (Lipinski definition) is 4. The summed E-state index contributed by atoms with van der Waals surface area (Å²) in [5, 5.41) is 0.456. The van der Waals surface area contributed by atoms with Crippen LogP contribution in [-0.2, 0) is 4.74 Å². The number of hydrogen-bond donors (Lipinski definition) is 0. The summed E-state index contributed by atoms with van der Waals surface area (Å²) in [6.07, 6.45) is 3.17. The lowest BCUT2D eigenvalue weighted by molar-refractivity contribution is 0.0600. The van der Waals surface area contributed by atoms with E-state index >= 15 is 0 Å². The molecule has 0 aliphatic carbocycles.